The first-order chi connectivity index (χ1) is 13.9. The quantitative estimate of drug-likeness (QED) is 0.579. The molecule has 9 heteroatoms. The lowest BCUT2D eigenvalue weighted by Crippen LogP contribution is -2.26. The fourth-order valence-electron chi connectivity index (χ4n) is 3.98. The molecule has 1 atom stereocenters. The molecule has 0 saturated heterocycles. The predicted octanol–water partition coefficient (Wildman–Crippen LogP) is 3.06. The van der Waals surface area contributed by atoms with Gasteiger partial charge >= 0.3 is 0 Å². The van der Waals surface area contributed by atoms with Gasteiger partial charge in [-0.15, -0.1) is 0 Å². The van der Waals surface area contributed by atoms with E-state index in [1.54, 1.807) is 24.1 Å². The molecule has 3 rings (SSSR count). The van der Waals surface area contributed by atoms with Crippen molar-refractivity contribution < 1.29 is 17.7 Å². The van der Waals surface area contributed by atoms with Crippen LogP contribution < -0.4 is 0 Å². The molecule has 8 nitrogen and oxygen atoms in total. The summed E-state index contributed by atoms with van der Waals surface area (Å²) in [5, 5.41) is 4.17. The molecular weight excluding hydrogens is 392 g/mol. The van der Waals surface area contributed by atoms with Crippen molar-refractivity contribution in [3.63, 3.8) is 0 Å². The number of methoxy groups -OCH3 is 1. The molecule has 1 unspecified atom stereocenters. The van der Waals surface area contributed by atoms with Crippen molar-refractivity contribution in [1.82, 2.24) is 19.6 Å². The zero-order chi connectivity index (χ0) is 20.9. The highest BCUT2D eigenvalue weighted by molar-refractivity contribution is 7.91. The molecule has 2 heterocycles. The van der Waals surface area contributed by atoms with E-state index < -0.39 is 9.84 Å². The van der Waals surface area contributed by atoms with Crippen LogP contribution in [0.3, 0.4) is 0 Å². The first-order valence-electron chi connectivity index (χ1n) is 10.3. The summed E-state index contributed by atoms with van der Waals surface area (Å²) < 4.78 is 38.3. The van der Waals surface area contributed by atoms with E-state index in [0.29, 0.717) is 19.7 Å². The van der Waals surface area contributed by atoms with Gasteiger partial charge in [0.2, 0.25) is 15.0 Å². The highest BCUT2D eigenvalue weighted by Gasteiger charge is 2.28. The minimum absolute atomic E-state index is 0.0295. The number of hydrogen-bond donors (Lipinski definition) is 0. The Labute approximate surface area is 173 Å². The Balaban J connectivity index is 1.80. The molecule has 0 spiro atoms. The number of imidazole rings is 1. The number of nitrogens with zero attached hydrogens (tertiary/aromatic N) is 4. The maximum Gasteiger partial charge on any atom is 0.227 e. The van der Waals surface area contributed by atoms with Gasteiger partial charge in [0.15, 0.2) is 0 Å². The lowest BCUT2D eigenvalue weighted by molar-refractivity contribution is 0.180. The number of sulfone groups is 1. The SMILES string of the molecule is COCCn1c(CN(C)C(C)c2ccon2)cnc1S(=O)(=O)CC1CCCCC1. The van der Waals surface area contributed by atoms with Crippen LogP contribution >= 0.6 is 0 Å². The largest absolute Gasteiger partial charge is 0.383 e. The number of aromatic nitrogens is 3. The van der Waals surface area contributed by atoms with E-state index in [0.717, 1.165) is 37.1 Å². The molecule has 0 N–H and O–H groups in total. The van der Waals surface area contributed by atoms with Gasteiger partial charge in [-0.05, 0) is 32.7 Å². The summed E-state index contributed by atoms with van der Waals surface area (Å²) in [6.07, 6.45) is 8.65. The Kier molecular flexibility index (Phi) is 7.48. The summed E-state index contributed by atoms with van der Waals surface area (Å²) in [7, 11) is 0.143. The van der Waals surface area contributed by atoms with Crippen LogP contribution in [0.15, 0.2) is 28.2 Å². The number of ether oxygens (including phenoxy) is 1. The Morgan fingerprint density at radius 3 is 2.76 bits per heavy atom. The third-order valence-corrected chi connectivity index (χ3v) is 7.63. The van der Waals surface area contributed by atoms with Crippen LogP contribution in [0.4, 0.5) is 0 Å². The van der Waals surface area contributed by atoms with Crippen LogP contribution in [0.2, 0.25) is 0 Å². The maximum atomic E-state index is 13.1. The second-order valence-electron chi connectivity index (χ2n) is 7.98. The second kappa shape index (κ2) is 9.86. The van der Waals surface area contributed by atoms with Crippen LogP contribution in [-0.2, 0) is 27.7 Å². The molecule has 0 aliphatic heterocycles. The molecule has 0 bridgehead atoms. The first kappa shape index (κ1) is 22.0. The molecular formula is C20H32N4O4S. The molecule has 29 heavy (non-hydrogen) atoms. The molecule has 2 aromatic heterocycles. The molecule has 1 fully saturated rings. The smallest absolute Gasteiger partial charge is 0.227 e. The first-order valence-corrected chi connectivity index (χ1v) is 11.9. The minimum Gasteiger partial charge on any atom is -0.383 e. The van der Waals surface area contributed by atoms with Crippen molar-refractivity contribution >= 4 is 9.84 Å². The van der Waals surface area contributed by atoms with Crippen LogP contribution in [-0.4, -0.2) is 54.5 Å². The lowest BCUT2D eigenvalue weighted by atomic mass is 9.91. The van der Waals surface area contributed by atoms with Gasteiger partial charge in [-0.1, -0.05) is 24.4 Å². The summed E-state index contributed by atoms with van der Waals surface area (Å²) in [5.41, 5.74) is 1.68. The van der Waals surface area contributed by atoms with Gasteiger partial charge in [-0.25, -0.2) is 13.4 Å². The van der Waals surface area contributed by atoms with Crippen molar-refractivity contribution in [3.8, 4) is 0 Å². The van der Waals surface area contributed by atoms with Crippen LogP contribution in [0.25, 0.3) is 0 Å². The van der Waals surface area contributed by atoms with E-state index in [-0.39, 0.29) is 22.9 Å². The average Bonchev–Trinajstić information content (AvgIpc) is 3.36. The molecule has 1 aliphatic carbocycles. The zero-order valence-corrected chi connectivity index (χ0v) is 18.4. The molecule has 1 saturated carbocycles. The molecule has 0 amide bonds. The normalized spacial score (nSPS) is 17.1. The highest BCUT2D eigenvalue weighted by atomic mass is 32.2. The summed E-state index contributed by atoms with van der Waals surface area (Å²) in [4.78, 5) is 6.43. The van der Waals surface area contributed by atoms with Crippen LogP contribution in [0, 0.1) is 5.92 Å². The fraction of sp³-hybridized carbons (Fsp3) is 0.700. The molecule has 1 aliphatic rings. The van der Waals surface area contributed by atoms with Gasteiger partial charge in [0.25, 0.3) is 0 Å². The van der Waals surface area contributed by atoms with Gasteiger partial charge < -0.3 is 13.8 Å². The van der Waals surface area contributed by atoms with Crippen LogP contribution in [0.5, 0.6) is 0 Å². The predicted molar refractivity (Wildman–Crippen MR) is 109 cm³/mol. The number of hydrogen-bond acceptors (Lipinski definition) is 7. The Morgan fingerprint density at radius 2 is 2.10 bits per heavy atom. The van der Waals surface area contributed by atoms with Crippen molar-refractivity contribution in [2.24, 2.45) is 5.92 Å². The van der Waals surface area contributed by atoms with E-state index >= 15 is 0 Å². The third kappa shape index (κ3) is 5.46. The van der Waals surface area contributed by atoms with E-state index in [4.69, 9.17) is 9.26 Å². The van der Waals surface area contributed by atoms with Gasteiger partial charge in [0, 0.05) is 26.3 Å². The topological polar surface area (TPSA) is 90.5 Å². The monoisotopic (exact) mass is 424 g/mol. The molecule has 0 aromatic carbocycles. The summed E-state index contributed by atoms with van der Waals surface area (Å²) in [6.45, 7) is 3.47. The third-order valence-electron chi connectivity index (χ3n) is 5.84. The average molecular weight is 425 g/mol. The van der Waals surface area contributed by atoms with Gasteiger partial charge in [0.1, 0.15) is 12.0 Å². The van der Waals surface area contributed by atoms with E-state index in [2.05, 4.69) is 15.0 Å². The zero-order valence-electron chi connectivity index (χ0n) is 17.6. The van der Waals surface area contributed by atoms with E-state index in [9.17, 15) is 8.42 Å². The minimum atomic E-state index is -3.45. The second-order valence-corrected chi connectivity index (χ2v) is 9.91. The van der Waals surface area contributed by atoms with Crippen molar-refractivity contribution in [1.29, 1.82) is 0 Å². The fourth-order valence-corrected chi connectivity index (χ4v) is 5.84. The van der Waals surface area contributed by atoms with E-state index in [1.807, 2.05) is 20.0 Å². The van der Waals surface area contributed by atoms with Gasteiger partial charge in [-0.3, -0.25) is 4.90 Å². The summed E-state index contributed by atoms with van der Waals surface area (Å²) in [6, 6.07) is 1.87. The van der Waals surface area contributed by atoms with Crippen molar-refractivity contribution in [3.05, 3.63) is 29.9 Å². The molecule has 0 radical (unpaired) electrons. The lowest BCUT2D eigenvalue weighted by Gasteiger charge is -2.24. The summed E-state index contributed by atoms with van der Waals surface area (Å²) >= 11 is 0. The van der Waals surface area contributed by atoms with E-state index in [1.165, 1.54) is 6.42 Å². The summed E-state index contributed by atoms with van der Waals surface area (Å²) in [5.74, 6) is 0.418. The Morgan fingerprint density at radius 1 is 1.34 bits per heavy atom. The van der Waals surface area contributed by atoms with Gasteiger partial charge in [0.05, 0.1) is 30.3 Å². The number of rotatable bonds is 10. The van der Waals surface area contributed by atoms with Crippen molar-refractivity contribution in [2.75, 3.05) is 26.5 Å². The van der Waals surface area contributed by atoms with Crippen LogP contribution in [0.1, 0.15) is 56.5 Å². The highest BCUT2D eigenvalue weighted by Crippen LogP contribution is 2.27. The molecule has 2 aromatic rings. The molecule has 162 valence electrons. The maximum absolute atomic E-state index is 13.1. The van der Waals surface area contributed by atoms with Gasteiger partial charge in [-0.2, -0.15) is 0 Å². The Hall–Kier alpha value is -1.71. The standard InChI is InChI=1S/C20H32N4O4S/c1-16(19-9-11-28-22-19)23(2)14-18-13-21-20(24(18)10-12-27-3)29(25,26)15-17-7-5-4-6-8-17/h9,11,13,16-17H,4-8,10,12,14-15H2,1-3H3. The Bertz CT molecular complexity index is 857. The van der Waals surface area contributed by atoms with Crippen molar-refractivity contribution in [2.45, 2.75) is 63.3 Å².